The van der Waals surface area contributed by atoms with Crippen molar-refractivity contribution in [2.24, 2.45) is 0 Å². The van der Waals surface area contributed by atoms with Crippen LogP contribution in [0.1, 0.15) is 32.5 Å². The van der Waals surface area contributed by atoms with Gasteiger partial charge in [0, 0.05) is 16.4 Å². The Balaban J connectivity index is 2.66. The van der Waals surface area contributed by atoms with Crippen LogP contribution in [0.25, 0.3) is 4.83 Å². The Morgan fingerprint density at radius 2 is 2.33 bits per heavy atom. The Hall–Kier alpha value is -0.660. The molecule has 0 unspecified atom stereocenters. The van der Waals surface area contributed by atoms with E-state index in [0.717, 1.165) is 9.71 Å². The fourth-order valence-corrected chi connectivity index (χ4v) is 3.86. The highest BCUT2D eigenvalue weighted by atomic mass is 79.9. The minimum atomic E-state index is -0.484. The van der Waals surface area contributed by atoms with Crippen molar-refractivity contribution >= 4 is 60.3 Å². The first-order valence-corrected chi connectivity index (χ1v) is 7.87. The smallest absolute Gasteiger partial charge is 0.341 e. The lowest BCUT2D eigenvalue weighted by molar-refractivity contribution is 0.0523. The predicted octanol–water partition coefficient (Wildman–Crippen LogP) is 3.65. The van der Waals surface area contributed by atoms with Crippen molar-refractivity contribution in [2.45, 2.75) is 12.3 Å². The zero-order valence-corrected chi connectivity index (χ0v) is 13.4. The van der Waals surface area contributed by atoms with Gasteiger partial charge in [-0.2, -0.15) is 0 Å². The molecule has 0 saturated heterocycles. The average molecular weight is 395 g/mol. The van der Waals surface area contributed by atoms with Crippen molar-refractivity contribution in [1.29, 1.82) is 0 Å². The number of ether oxygens (including phenoxy) is 1. The largest absolute Gasteiger partial charge is 0.462 e. The third-order valence-electron chi connectivity index (χ3n) is 2.37. The van der Waals surface area contributed by atoms with Crippen LogP contribution >= 0.6 is 43.2 Å². The Morgan fingerprint density at radius 3 is 2.89 bits per heavy atom. The molecule has 4 nitrogen and oxygen atoms in total. The van der Waals surface area contributed by atoms with Gasteiger partial charge in [-0.15, -0.1) is 11.3 Å². The summed E-state index contributed by atoms with van der Waals surface area (Å²) in [5.41, 5.74) is 0.664. The molecule has 0 atom stereocenters. The van der Waals surface area contributed by atoms with Crippen molar-refractivity contribution in [3.05, 3.63) is 26.8 Å². The number of halogens is 2. The van der Waals surface area contributed by atoms with Gasteiger partial charge in [0.05, 0.1) is 12.2 Å². The molecule has 0 aliphatic heterocycles. The summed E-state index contributed by atoms with van der Waals surface area (Å²) in [7, 11) is 0. The van der Waals surface area contributed by atoms with Crippen molar-refractivity contribution in [3.63, 3.8) is 0 Å². The highest BCUT2D eigenvalue weighted by molar-refractivity contribution is 9.10. The second-order valence-corrected chi connectivity index (χ2v) is 5.85. The lowest BCUT2D eigenvalue weighted by atomic mass is 10.2. The van der Waals surface area contributed by atoms with Crippen LogP contribution in [0.15, 0.2) is 10.8 Å². The van der Waals surface area contributed by atoms with Gasteiger partial charge in [-0.1, -0.05) is 15.9 Å². The number of hydrogen-bond acceptors (Lipinski definition) is 4. The van der Waals surface area contributed by atoms with E-state index < -0.39 is 5.97 Å². The van der Waals surface area contributed by atoms with Gasteiger partial charge in [0.25, 0.3) is 0 Å². The lowest BCUT2D eigenvalue weighted by Gasteiger charge is -2.00. The van der Waals surface area contributed by atoms with Gasteiger partial charge < -0.3 is 4.74 Å². The first kappa shape index (κ1) is 13.8. The molecule has 2 aromatic rings. The number of fused-ring (bicyclic) bond motifs is 1. The molecule has 0 bridgehead atoms. The van der Waals surface area contributed by atoms with Gasteiger partial charge in [0.2, 0.25) is 0 Å². The van der Waals surface area contributed by atoms with E-state index in [1.165, 1.54) is 11.3 Å². The SMILES string of the molecule is CCOC(=O)c1c(C=O)c2sc(CBr)cn2c1Br. The first-order chi connectivity index (χ1) is 8.63. The molecule has 18 heavy (non-hydrogen) atoms. The number of aromatic nitrogens is 1. The van der Waals surface area contributed by atoms with Gasteiger partial charge in [-0.25, -0.2) is 4.79 Å². The molecule has 0 aliphatic rings. The number of nitrogens with zero attached hydrogens (tertiary/aromatic N) is 1. The molecule has 2 heterocycles. The molecule has 96 valence electrons. The van der Waals surface area contributed by atoms with Crippen molar-refractivity contribution < 1.29 is 14.3 Å². The van der Waals surface area contributed by atoms with Crippen molar-refractivity contribution in [3.8, 4) is 0 Å². The Morgan fingerprint density at radius 1 is 1.61 bits per heavy atom. The van der Waals surface area contributed by atoms with Crippen molar-refractivity contribution in [1.82, 2.24) is 4.40 Å². The van der Waals surface area contributed by atoms with Gasteiger partial charge >= 0.3 is 5.97 Å². The summed E-state index contributed by atoms with van der Waals surface area (Å²) in [6, 6.07) is 0. The lowest BCUT2D eigenvalue weighted by Crippen LogP contribution is -2.06. The second kappa shape index (κ2) is 5.54. The van der Waals surface area contributed by atoms with E-state index in [9.17, 15) is 9.59 Å². The molecule has 0 saturated carbocycles. The molecule has 0 aromatic carbocycles. The number of rotatable bonds is 4. The molecule has 0 radical (unpaired) electrons. The summed E-state index contributed by atoms with van der Waals surface area (Å²) in [6.07, 6.45) is 2.58. The predicted molar refractivity (Wildman–Crippen MR) is 76.9 cm³/mol. The van der Waals surface area contributed by atoms with Crippen LogP contribution in [0.3, 0.4) is 0 Å². The van der Waals surface area contributed by atoms with E-state index in [1.54, 1.807) is 11.3 Å². The maximum absolute atomic E-state index is 11.8. The fourth-order valence-electron chi connectivity index (χ4n) is 1.64. The second-order valence-electron chi connectivity index (χ2n) is 3.42. The highest BCUT2D eigenvalue weighted by Gasteiger charge is 2.24. The summed E-state index contributed by atoms with van der Waals surface area (Å²) in [5, 5.41) is 0.707. The highest BCUT2D eigenvalue weighted by Crippen LogP contribution is 2.33. The van der Waals surface area contributed by atoms with Crippen LogP contribution in [-0.2, 0) is 10.1 Å². The number of thiazole rings is 1. The van der Waals surface area contributed by atoms with E-state index in [2.05, 4.69) is 31.9 Å². The molecular formula is C11H9Br2NO3S. The van der Waals surface area contributed by atoms with E-state index in [0.29, 0.717) is 27.3 Å². The molecular weight excluding hydrogens is 386 g/mol. The number of hydrogen-bond donors (Lipinski definition) is 0. The minimum absolute atomic E-state index is 0.277. The molecule has 2 rings (SSSR count). The zero-order chi connectivity index (χ0) is 13.3. The average Bonchev–Trinajstić information content (AvgIpc) is 2.88. The molecule has 2 aromatic heterocycles. The zero-order valence-electron chi connectivity index (χ0n) is 9.41. The minimum Gasteiger partial charge on any atom is -0.462 e. The topological polar surface area (TPSA) is 47.8 Å². The quantitative estimate of drug-likeness (QED) is 0.451. The Labute approximate surface area is 124 Å². The Kier molecular flexibility index (Phi) is 4.24. The first-order valence-electron chi connectivity index (χ1n) is 5.14. The van der Waals surface area contributed by atoms with E-state index in [1.807, 2.05) is 6.20 Å². The summed E-state index contributed by atoms with van der Waals surface area (Å²) < 4.78 is 7.31. The third-order valence-corrected chi connectivity index (χ3v) is 5.24. The number of aldehydes is 1. The maximum atomic E-state index is 11.8. The number of alkyl halides is 1. The molecule has 0 aliphatic carbocycles. The monoisotopic (exact) mass is 393 g/mol. The van der Waals surface area contributed by atoms with E-state index in [-0.39, 0.29) is 6.61 Å². The number of esters is 1. The van der Waals surface area contributed by atoms with Crippen LogP contribution in [0, 0.1) is 0 Å². The maximum Gasteiger partial charge on any atom is 0.341 e. The van der Waals surface area contributed by atoms with Crippen LogP contribution in [0.4, 0.5) is 0 Å². The summed E-state index contributed by atoms with van der Waals surface area (Å²) >= 11 is 8.18. The van der Waals surface area contributed by atoms with Crippen LogP contribution in [0.2, 0.25) is 0 Å². The van der Waals surface area contributed by atoms with E-state index in [4.69, 9.17) is 4.74 Å². The van der Waals surface area contributed by atoms with Crippen LogP contribution in [0.5, 0.6) is 0 Å². The molecule has 0 spiro atoms. The van der Waals surface area contributed by atoms with E-state index >= 15 is 0 Å². The van der Waals surface area contributed by atoms with Gasteiger partial charge in [0.15, 0.2) is 6.29 Å². The summed E-state index contributed by atoms with van der Waals surface area (Å²) in [5.74, 6) is -0.484. The fraction of sp³-hybridized carbons (Fsp3) is 0.273. The van der Waals surface area contributed by atoms with Gasteiger partial charge in [-0.05, 0) is 22.9 Å². The molecule has 0 amide bonds. The van der Waals surface area contributed by atoms with Gasteiger partial charge in [-0.3, -0.25) is 9.20 Å². The van der Waals surface area contributed by atoms with Gasteiger partial charge in [0.1, 0.15) is 15.0 Å². The number of carbonyl (C=O) groups excluding carboxylic acids is 2. The van der Waals surface area contributed by atoms with Crippen LogP contribution in [-0.4, -0.2) is 23.3 Å². The standard InChI is InChI=1S/C11H9Br2NO3S/c1-2-17-11(16)8-7(5-15)10-14(9(8)13)4-6(3-12)18-10/h4-5H,2-3H2,1H3. The van der Waals surface area contributed by atoms with Crippen molar-refractivity contribution in [2.75, 3.05) is 6.61 Å². The normalized spacial score (nSPS) is 10.8. The number of carbonyl (C=O) groups is 2. The third kappa shape index (κ3) is 2.15. The summed E-state index contributed by atoms with van der Waals surface area (Å²) in [4.78, 5) is 24.9. The summed E-state index contributed by atoms with van der Waals surface area (Å²) in [6.45, 7) is 2.01. The van der Waals surface area contributed by atoms with Crippen LogP contribution < -0.4 is 0 Å². The molecule has 0 N–H and O–H groups in total. The molecule has 0 fully saturated rings. The Bertz CT molecular complexity index is 617. The molecule has 7 heteroatoms.